The Morgan fingerprint density at radius 1 is 0.636 bits per heavy atom. The highest BCUT2D eigenvalue weighted by molar-refractivity contribution is 5.43. The number of hydrogen-bond donors (Lipinski definition) is 0. The van der Waals surface area contributed by atoms with E-state index in [2.05, 4.69) is 48.5 Å². The predicted molar refractivity (Wildman–Crippen MR) is 89.9 cm³/mol. The van der Waals surface area contributed by atoms with Crippen molar-refractivity contribution < 1.29 is 9.47 Å². The summed E-state index contributed by atoms with van der Waals surface area (Å²) in [6.45, 7) is 0. The van der Waals surface area contributed by atoms with Crippen LogP contribution in [0.4, 0.5) is 0 Å². The summed E-state index contributed by atoms with van der Waals surface area (Å²) in [6, 6.07) is 17.2. The monoisotopic (exact) mass is 296 g/mol. The van der Waals surface area contributed by atoms with Gasteiger partial charge >= 0.3 is 0 Å². The Morgan fingerprint density at radius 2 is 1.05 bits per heavy atom. The Morgan fingerprint density at radius 3 is 1.41 bits per heavy atom. The summed E-state index contributed by atoms with van der Waals surface area (Å²) in [5.74, 6) is 1.84. The molecule has 0 aromatic heterocycles. The molecule has 2 aromatic carbocycles. The van der Waals surface area contributed by atoms with Gasteiger partial charge in [-0.3, -0.25) is 0 Å². The first-order valence-electron chi connectivity index (χ1n) is 8.07. The molecule has 1 fully saturated rings. The normalized spacial score (nSPS) is 17.0. The Hall–Kier alpha value is -1.96. The summed E-state index contributed by atoms with van der Waals surface area (Å²) < 4.78 is 10.6. The molecule has 1 saturated carbocycles. The first-order chi connectivity index (χ1) is 10.8. The fourth-order valence-corrected chi connectivity index (χ4v) is 3.72. The number of rotatable bonds is 4. The molecule has 1 aliphatic rings. The number of ether oxygens (including phenoxy) is 2. The minimum absolute atomic E-state index is 0.136. The Balaban J connectivity index is 2.02. The van der Waals surface area contributed by atoms with Gasteiger partial charge in [-0.05, 0) is 48.2 Å². The lowest BCUT2D eigenvalue weighted by molar-refractivity contribution is 0.344. The predicted octanol–water partition coefficient (Wildman–Crippen LogP) is 4.95. The maximum absolute atomic E-state index is 5.31. The van der Waals surface area contributed by atoms with E-state index in [4.69, 9.17) is 9.47 Å². The lowest BCUT2D eigenvalue weighted by Gasteiger charge is -2.38. The number of benzene rings is 2. The minimum Gasteiger partial charge on any atom is -0.497 e. The van der Waals surface area contributed by atoms with Crippen molar-refractivity contribution in [2.45, 2.75) is 37.5 Å². The van der Waals surface area contributed by atoms with E-state index >= 15 is 0 Å². The van der Waals surface area contributed by atoms with Crippen molar-refractivity contribution in [1.29, 1.82) is 0 Å². The average molecular weight is 296 g/mol. The Labute approximate surface area is 133 Å². The first kappa shape index (κ1) is 15.0. The van der Waals surface area contributed by atoms with Crippen LogP contribution in [0.25, 0.3) is 0 Å². The molecular weight excluding hydrogens is 272 g/mol. The Bertz CT molecular complexity index is 543. The molecule has 22 heavy (non-hydrogen) atoms. The van der Waals surface area contributed by atoms with E-state index < -0.39 is 0 Å². The van der Waals surface area contributed by atoms with Crippen molar-refractivity contribution in [3.8, 4) is 11.5 Å². The molecule has 0 N–H and O–H groups in total. The zero-order valence-corrected chi connectivity index (χ0v) is 13.5. The highest BCUT2D eigenvalue weighted by Gasteiger charge is 2.35. The van der Waals surface area contributed by atoms with Gasteiger partial charge in [0.25, 0.3) is 0 Å². The fraction of sp³-hybridized carbons (Fsp3) is 0.400. The molecule has 0 aliphatic heterocycles. The van der Waals surface area contributed by atoms with Crippen LogP contribution >= 0.6 is 0 Å². The molecule has 0 spiro atoms. The van der Waals surface area contributed by atoms with Gasteiger partial charge in [-0.2, -0.15) is 0 Å². The Kier molecular flexibility index (Phi) is 4.37. The summed E-state index contributed by atoms with van der Waals surface area (Å²) in [5, 5.41) is 0. The molecule has 0 heterocycles. The molecule has 0 bridgehead atoms. The van der Waals surface area contributed by atoms with Gasteiger partial charge in [0.15, 0.2) is 0 Å². The second kappa shape index (κ2) is 6.43. The third kappa shape index (κ3) is 2.70. The molecule has 0 amide bonds. The topological polar surface area (TPSA) is 18.5 Å². The third-order valence-electron chi connectivity index (χ3n) is 4.99. The van der Waals surface area contributed by atoms with Crippen LogP contribution in [0.3, 0.4) is 0 Å². The van der Waals surface area contributed by atoms with Crippen LogP contribution in [-0.2, 0) is 5.41 Å². The van der Waals surface area contributed by atoms with Gasteiger partial charge in [-0.1, -0.05) is 43.5 Å². The standard InChI is InChI=1S/C20H24O2/c1-21-18-10-6-16(7-11-18)20(14-4-3-5-15-20)17-8-12-19(22-2)13-9-17/h6-13H,3-5,14-15H2,1-2H3. The van der Waals surface area contributed by atoms with Crippen molar-refractivity contribution in [2.75, 3.05) is 14.2 Å². The van der Waals surface area contributed by atoms with E-state index in [-0.39, 0.29) is 5.41 Å². The maximum atomic E-state index is 5.31. The third-order valence-corrected chi connectivity index (χ3v) is 4.99. The first-order valence-corrected chi connectivity index (χ1v) is 8.07. The van der Waals surface area contributed by atoms with Gasteiger partial charge in [0, 0.05) is 5.41 Å². The molecule has 0 radical (unpaired) electrons. The lowest BCUT2D eigenvalue weighted by Crippen LogP contribution is -2.30. The van der Waals surface area contributed by atoms with Gasteiger partial charge < -0.3 is 9.47 Å². The van der Waals surface area contributed by atoms with Crippen LogP contribution in [0.1, 0.15) is 43.2 Å². The minimum atomic E-state index is 0.136. The maximum Gasteiger partial charge on any atom is 0.118 e. The highest BCUT2D eigenvalue weighted by atomic mass is 16.5. The van der Waals surface area contributed by atoms with E-state index in [0.717, 1.165) is 11.5 Å². The van der Waals surface area contributed by atoms with Crippen molar-refractivity contribution >= 4 is 0 Å². The van der Waals surface area contributed by atoms with Crippen LogP contribution < -0.4 is 9.47 Å². The van der Waals surface area contributed by atoms with E-state index in [1.807, 2.05) is 0 Å². The van der Waals surface area contributed by atoms with Crippen molar-refractivity contribution in [2.24, 2.45) is 0 Å². The smallest absolute Gasteiger partial charge is 0.118 e. The van der Waals surface area contributed by atoms with E-state index in [1.165, 1.54) is 43.2 Å². The molecule has 0 atom stereocenters. The molecule has 0 unspecified atom stereocenters. The van der Waals surface area contributed by atoms with Crippen LogP contribution in [0, 0.1) is 0 Å². The fourth-order valence-electron chi connectivity index (χ4n) is 3.72. The zero-order valence-electron chi connectivity index (χ0n) is 13.5. The van der Waals surface area contributed by atoms with Crippen LogP contribution in [0.5, 0.6) is 11.5 Å². The summed E-state index contributed by atoms with van der Waals surface area (Å²) in [5.41, 5.74) is 2.94. The van der Waals surface area contributed by atoms with Crippen LogP contribution in [-0.4, -0.2) is 14.2 Å². The van der Waals surface area contributed by atoms with Crippen molar-refractivity contribution in [1.82, 2.24) is 0 Å². The van der Waals surface area contributed by atoms with Crippen LogP contribution in [0.15, 0.2) is 48.5 Å². The summed E-state index contributed by atoms with van der Waals surface area (Å²) in [4.78, 5) is 0. The number of methoxy groups -OCH3 is 2. The summed E-state index contributed by atoms with van der Waals surface area (Å²) >= 11 is 0. The zero-order chi connectivity index (χ0) is 15.4. The van der Waals surface area contributed by atoms with Gasteiger partial charge in [0.1, 0.15) is 11.5 Å². The van der Waals surface area contributed by atoms with Crippen molar-refractivity contribution in [3.63, 3.8) is 0 Å². The molecule has 0 saturated heterocycles. The molecule has 2 heteroatoms. The molecule has 3 rings (SSSR count). The average Bonchev–Trinajstić information content (AvgIpc) is 2.62. The lowest BCUT2D eigenvalue weighted by atomic mass is 9.65. The van der Waals surface area contributed by atoms with E-state index in [1.54, 1.807) is 14.2 Å². The van der Waals surface area contributed by atoms with Crippen LogP contribution in [0.2, 0.25) is 0 Å². The quantitative estimate of drug-likeness (QED) is 0.794. The molecule has 2 aromatic rings. The summed E-state index contributed by atoms with van der Waals surface area (Å²) in [6.07, 6.45) is 6.35. The van der Waals surface area contributed by atoms with Gasteiger partial charge in [0.2, 0.25) is 0 Å². The molecule has 1 aliphatic carbocycles. The molecular formula is C20H24O2. The SMILES string of the molecule is COc1ccc(C2(c3ccc(OC)cc3)CCCCC2)cc1. The van der Waals surface area contributed by atoms with Gasteiger partial charge in [0.05, 0.1) is 14.2 Å². The second-order valence-corrected chi connectivity index (χ2v) is 6.10. The highest BCUT2D eigenvalue weighted by Crippen LogP contribution is 2.45. The largest absolute Gasteiger partial charge is 0.497 e. The van der Waals surface area contributed by atoms with Gasteiger partial charge in [-0.25, -0.2) is 0 Å². The van der Waals surface area contributed by atoms with Gasteiger partial charge in [-0.15, -0.1) is 0 Å². The number of hydrogen-bond acceptors (Lipinski definition) is 2. The molecule has 2 nitrogen and oxygen atoms in total. The van der Waals surface area contributed by atoms with Crippen molar-refractivity contribution in [3.05, 3.63) is 59.7 Å². The van der Waals surface area contributed by atoms with E-state index in [0.29, 0.717) is 0 Å². The van der Waals surface area contributed by atoms with E-state index in [9.17, 15) is 0 Å². The molecule has 116 valence electrons. The second-order valence-electron chi connectivity index (χ2n) is 6.10. The summed E-state index contributed by atoms with van der Waals surface area (Å²) in [7, 11) is 3.43.